The summed E-state index contributed by atoms with van der Waals surface area (Å²) in [6.45, 7) is 8.32. The fraction of sp³-hybridized carbons (Fsp3) is 1.00. The lowest BCUT2D eigenvalue weighted by Gasteiger charge is -2.47. The van der Waals surface area contributed by atoms with Crippen LogP contribution in [0.5, 0.6) is 0 Å². The molecule has 3 atom stereocenters. The SMILES string of the molecule is C1CCC2(OC1)OCC1CC2OCCNCCNCCNCCO1. The van der Waals surface area contributed by atoms with Crippen LogP contribution in [0.15, 0.2) is 0 Å². The van der Waals surface area contributed by atoms with Gasteiger partial charge >= 0.3 is 0 Å². The molecule has 3 aliphatic heterocycles. The number of nitrogens with one attached hydrogen (secondary N) is 3. The van der Waals surface area contributed by atoms with Crippen LogP contribution in [-0.2, 0) is 18.9 Å². The largest absolute Gasteiger partial charge is 0.374 e. The van der Waals surface area contributed by atoms with Crippen LogP contribution in [0.3, 0.4) is 0 Å². The van der Waals surface area contributed by atoms with Gasteiger partial charge in [0.2, 0.25) is 0 Å². The average molecular weight is 343 g/mol. The van der Waals surface area contributed by atoms with Crippen molar-refractivity contribution in [2.45, 2.75) is 43.7 Å². The molecule has 0 radical (unpaired) electrons. The maximum atomic E-state index is 6.18. The molecule has 0 aromatic heterocycles. The second-order valence-corrected chi connectivity index (χ2v) is 6.77. The zero-order valence-corrected chi connectivity index (χ0v) is 14.7. The van der Waals surface area contributed by atoms with Crippen LogP contribution < -0.4 is 16.0 Å². The van der Waals surface area contributed by atoms with E-state index in [-0.39, 0.29) is 12.2 Å². The fourth-order valence-corrected chi connectivity index (χ4v) is 3.58. The molecule has 3 saturated heterocycles. The molecular formula is C17H33N3O4. The first-order valence-electron chi connectivity index (χ1n) is 9.52. The Hall–Kier alpha value is -0.280. The summed E-state index contributed by atoms with van der Waals surface area (Å²) >= 11 is 0. The van der Waals surface area contributed by atoms with Crippen LogP contribution >= 0.6 is 0 Å². The Morgan fingerprint density at radius 3 is 2.12 bits per heavy atom. The van der Waals surface area contributed by atoms with Gasteiger partial charge in [-0.2, -0.15) is 0 Å². The molecule has 0 aromatic carbocycles. The second-order valence-electron chi connectivity index (χ2n) is 6.77. The molecule has 7 nitrogen and oxygen atoms in total. The molecule has 0 aliphatic carbocycles. The number of rotatable bonds is 0. The summed E-state index contributed by atoms with van der Waals surface area (Å²) in [5, 5.41) is 10.2. The molecule has 2 bridgehead atoms. The third-order valence-corrected chi connectivity index (χ3v) is 4.93. The third kappa shape index (κ3) is 5.36. The lowest BCUT2D eigenvalue weighted by Crippen LogP contribution is -2.57. The van der Waals surface area contributed by atoms with E-state index in [9.17, 15) is 0 Å². The normalized spacial score (nSPS) is 38.0. The van der Waals surface area contributed by atoms with E-state index in [1.165, 1.54) is 0 Å². The minimum absolute atomic E-state index is 0.0441. The van der Waals surface area contributed by atoms with Gasteiger partial charge in [-0.25, -0.2) is 0 Å². The molecule has 7 heteroatoms. The Morgan fingerprint density at radius 1 is 0.708 bits per heavy atom. The molecule has 1 spiro atoms. The Morgan fingerprint density at radius 2 is 1.42 bits per heavy atom. The van der Waals surface area contributed by atoms with Crippen molar-refractivity contribution in [3.05, 3.63) is 0 Å². The second kappa shape index (κ2) is 10.0. The van der Waals surface area contributed by atoms with Crippen LogP contribution in [0.2, 0.25) is 0 Å². The monoisotopic (exact) mass is 343 g/mol. The van der Waals surface area contributed by atoms with Gasteiger partial charge in [0.15, 0.2) is 5.79 Å². The Labute approximate surface area is 145 Å². The maximum absolute atomic E-state index is 6.18. The summed E-state index contributed by atoms with van der Waals surface area (Å²) in [5.74, 6) is -0.552. The molecule has 0 amide bonds. The number of fused-ring (bicyclic) bond motifs is 3. The van der Waals surface area contributed by atoms with Crippen molar-refractivity contribution in [3.63, 3.8) is 0 Å². The molecule has 3 heterocycles. The first kappa shape index (κ1) is 18.5. The van der Waals surface area contributed by atoms with Crippen molar-refractivity contribution in [1.82, 2.24) is 16.0 Å². The number of ether oxygens (including phenoxy) is 4. The van der Waals surface area contributed by atoms with Crippen molar-refractivity contribution >= 4 is 0 Å². The van der Waals surface area contributed by atoms with Crippen molar-refractivity contribution in [3.8, 4) is 0 Å². The predicted octanol–water partition coefficient (Wildman–Crippen LogP) is -0.144. The molecule has 3 unspecified atom stereocenters. The van der Waals surface area contributed by atoms with Crippen LogP contribution in [0, 0.1) is 0 Å². The molecule has 3 fully saturated rings. The van der Waals surface area contributed by atoms with E-state index >= 15 is 0 Å². The smallest absolute Gasteiger partial charge is 0.194 e. The van der Waals surface area contributed by atoms with Gasteiger partial charge in [-0.05, 0) is 12.8 Å². The van der Waals surface area contributed by atoms with Gasteiger partial charge in [0.25, 0.3) is 0 Å². The van der Waals surface area contributed by atoms with E-state index < -0.39 is 5.79 Å². The van der Waals surface area contributed by atoms with Crippen molar-refractivity contribution < 1.29 is 18.9 Å². The Bertz CT molecular complexity index is 353. The predicted molar refractivity (Wildman–Crippen MR) is 91.2 cm³/mol. The van der Waals surface area contributed by atoms with Crippen LogP contribution in [0.25, 0.3) is 0 Å². The van der Waals surface area contributed by atoms with Gasteiger partial charge < -0.3 is 34.9 Å². The molecule has 3 N–H and O–H groups in total. The van der Waals surface area contributed by atoms with Crippen molar-refractivity contribution in [1.29, 1.82) is 0 Å². The number of hydrogen-bond donors (Lipinski definition) is 3. The topological polar surface area (TPSA) is 73.0 Å². The number of hydrogen-bond acceptors (Lipinski definition) is 7. The summed E-state index contributed by atoms with van der Waals surface area (Å²) in [6, 6.07) is 0. The van der Waals surface area contributed by atoms with Gasteiger partial charge in [-0.3, -0.25) is 0 Å². The summed E-state index contributed by atoms with van der Waals surface area (Å²) in [7, 11) is 0. The quantitative estimate of drug-likeness (QED) is 0.565. The van der Waals surface area contributed by atoms with E-state index in [0.717, 1.165) is 71.6 Å². The molecule has 24 heavy (non-hydrogen) atoms. The fourth-order valence-electron chi connectivity index (χ4n) is 3.58. The zero-order chi connectivity index (χ0) is 16.5. The van der Waals surface area contributed by atoms with Crippen molar-refractivity contribution in [2.75, 3.05) is 65.7 Å². The maximum Gasteiger partial charge on any atom is 0.194 e. The van der Waals surface area contributed by atoms with Crippen LogP contribution in [-0.4, -0.2) is 83.7 Å². The van der Waals surface area contributed by atoms with E-state index in [4.69, 9.17) is 18.9 Å². The van der Waals surface area contributed by atoms with Gasteiger partial charge in [-0.1, -0.05) is 0 Å². The molecule has 0 aromatic rings. The van der Waals surface area contributed by atoms with E-state index in [1.807, 2.05) is 0 Å². The molecule has 3 aliphatic rings. The van der Waals surface area contributed by atoms with E-state index in [1.54, 1.807) is 0 Å². The van der Waals surface area contributed by atoms with Crippen molar-refractivity contribution in [2.24, 2.45) is 0 Å². The van der Waals surface area contributed by atoms with Crippen LogP contribution in [0.4, 0.5) is 0 Å². The van der Waals surface area contributed by atoms with Gasteiger partial charge in [0.05, 0.1) is 32.5 Å². The minimum atomic E-state index is -0.552. The van der Waals surface area contributed by atoms with Gasteiger partial charge in [0.1, 0.15) is 6.10 Å². The first-order chi connectivity index (χ1) is 11.9. The lowest BCUT2D eigenvalue weighted by atomic mass is 9.93. The zero-order valence-electron chi connectivity index (χ0n) is 14.7. The first-order valence-corrected chi connectivity index (χ1v) is 9.52. The highest BCUT2D eigenvalue weighted by atomic mass is 16.7. The average Bonchev–Trinajstić information content (AvgIpc) is 2.61. The standard InChI is InChI=1S/C17H33N3O4/c1-2-10-23-17(3-1)16-13-15(14-24-17)21-11-8-19-6-4-18-5-7-20-9-12-22-16/h15-16,18-20H,1-14H2. The van der Waals surface area contributed by atoms with E-state index in [0.29, 0.717) is 19.8 Å². The minimum Gasteiger partial charge on any atom is -0.374 e. The van der Waals surface area contributed by atoms with Gasteiger partial charge in [0, 0.05) is 52.1 Å². The third-order valence-electron chi connectivity index (χ3n) is 4.93. The molecule has 140 valence electrons. The summed E-state index contributed by atoms with van der Waals surface area (Å²) in [6.07, 6.45) is 4.06. The molecular weight excluding hydrogens is 310 g/mol. The molecule has 0 saturated carbocycles. The summed E-state index contributed by atoms with van der Waals surface area (Å²) < 4.78 is 24.4. The van der Waals surface area contributed by atoms with E-state index in [2.05, 4.69) is 16.0 Å². The highest BCUT2D eigenvalue weighted by Gasteiger charge is 2.48. The Balaban J connectivity index is 1.55. The Kier molecular flexibility index (Phi) is 7.72. The van der Waals surface area contributed by atoms with Gasteiger partial charge in [-0.15, -0.1) is 0 Å². The highest BCUT2D eigenvalue weighted by Crippen LogP contribution is 2.37. The summed E-state index contributed by atoms with van der Waals surface area (Å²) in [5.41, 5.74) is 0. The summed E-state index contributed by atoms with van der Waals surface area (Å²) in [4.78, 5) is 0. The lowest BCUT2D eigenvalue weighted by molar-refractivity contribution is -0.337. The molecule has 3 rings (SSSR count). The highest BCUT2D eigenvalue weighted by molar-refractivity contribution is 4.90. The van der Waals surface area contributed by atoms with Crippen LogP contribution in [0.1, 0.15) is 25.7 Å².